The SMILES string of the molecule is CCC(C)[C@@H]([C@@H](CC(=O)N1CCC[C@H]1[C@H](OC)[C@@H](C)C(=O)C[C@@H](Cc1ccccc1)C(=O)O)OC)N(C)C(=O)[C@@H](CC(=O)[C@H](C(C)C)N(C)C(=O)OCc1ccc(NC(=O)[C@H](CCCNC(N)=O)CC(=O)[C@@H](NC(=O)COCCOc2ccc(N3C(=O)C(Sc4ccc(C(=O)N5CCOCC5)cc4)=C(Sc4ccc(C(=O)N5CCOCC5)cc4)C3=O)cc2)C(C)C)cc1)C(C)C. The Kier molecular flexibility index (Phi) is 40.2. The minimum absolute atomic E-state index is 0.0266. The molecule has 5 aromatic rings. The van der Waals surface area contributed by atoms with Gasteiger partial charge >= 0.3 is 18.1 Å². The number of amides is 11. The van der Waals surface area contributed by atoms with Crippen LogP contribution >= 0.6 is 23.5 Å². The molecular weight excluding hydrogens is 1720 g/mol. The molecule has 0 aliphatic carbocycles. The van der Waals surface area contributed by atoms with Crippen molar-refractivity contribution in [2.75, 3.05) is 124 Å². The summed E-state index contributed by atoms with van der Waals surface area (Å²) in [5.41, 5.74) is 8.20. The molecule has 9 rings (SSSR count). The van der Waals surface area contributed by atoms with Crippen molar-refractivity contribution in [3.8, 4) is 5.75 Å². The molecule has 4 heterocycles. The zero-order chi connectivity index (χ0) is 95.3. The minimum Gasteiger partial charge on any atom is -0.491 e. The molecule has 0 radical (unpaired) electrons. The quantitative estimate of drug-likeness (QED) is 0.0178. The van der Waals surface area contributed by atoms with E-state index in [0.29, 0.717) is 116 Å². The lowest BCUT2D eigenvalue weighted by molar-refractivity contribution is -0.149. The van der Waals surface area contributed by atoms with Gasteiger partial charge in [0, 0.05) is 131 Å². The first-order valence-corrected chi connectivity index (χ1v) is 46.6. The van der Waals surface area contributed by atoms with Crippen molar-refractivity contribution in [3.05, 3.63) is 159 Å². The van der Waals surface area contributed by atoms with Crippen molar-refractivity contribution in [1.82, 2.24) is 35.1 Å². The number of aliphatic carboxylic acids is 1. The number of carboxylic acid groups (broad SMARTS) is 1. The fourth-order valence-electron chi connectivity index (χ4n) is 17.0. The number of morpholine rings is 2. The maximum absolute atomic E-state index is 15.0. The fraction of sp³-hybridized carbons (Fsp3) is 0.526. The lowest BCUT2D eigenvalue weighted by atomic mass is 9.83. The van der Waals surface area contributed by atoms with Crippen molar-refractivity contribution in [3.63, 3.8) is 0 Å². The Hall–Kier alpha value is -10.9. The number of ketones is 3. The molecule has 11 atom stereocenters. The van der Waals surface area contributed by atoms with E-state index in [4.69, 9.17) is 38.9 Å². The molecule has 4 aliphatic rings. The number of likely N-dealkylation sites (N-methyl/N-ethyl adjacent to an activating group) is 2. The number of hydrogen-bond donors (Lipinski definition) is 5. The summed E-state index contributed by atoms with van der Waals surface area (Å²) in [6.45, 7) is 19.8. The number of rotatable bonds is 49. The summed E-state index contributed by atoms with van der Waals surface area (Å²) < 4.78 is 40.3. The third-order valence-electron chi connectivity index (χ3n) is 24.5. The van der Waals surface area contributed by atoms with Crippen molar-refractivity contribution < 1.29 is 105 Å². The number of carboxylic acids is 1. The summed E-state index contributed by atoms with van der Waals surface area (Å²) >= 11 is 2.20. The number of benzene rings is 5. The van der Waals surface area contributed by atoms with Crippen LogP contribution in [0.25, 0.3) is 0 Å². The first-order valence-electron chi connectivity index (χ1n) is 45.0. The largest absolute Gasteiger partial charge is 0.491 e. The van der Waals surface area contributed by atoms with Gasteiger partial charge in [0.15, 0.2) is 11.6 Å². The summed E-state index contributed by atoms with van der Waals surface area (Å²) in [5.74, 6) is -9.83. The molecule has 0 aromatic heterocycles. The number of imide groups is 1. The van der Waals surface area contributed by atoms with E-state index < -0.39 is 126 Å². The number of primary amides is 1. The van der Waals surface area contributed by atoms with Crippen LogP contribution in [-0.4, -0.2) is 263 Å². The molecule has 710 valence electrons. The van der Waals surface area contributed by atoms with Crippen LogP contribution < -0.4 is 31.3 Å². The summed E-state index contributed by atoms with van der Waals surface area (Å²) in [5, 5.41) is 18.3. The molecule has 0 spiro atoms. The van der Waals surface area contributed by atoms with Crippen molar-refractivity contribution in [2.24, 2.45) is 53.1 Å². The summed E-state index contributed by atoms with van der Waals surface area (Å²) in [6, 6.07) is 31.6. The zero-order valence-electron chi connectivity index (χ0n) is 77.3. The van der Waals surface area contributed by atoms with Crippen molar-refractivity contribution >= 4 is 118 Å². The van der Waals surface area contributed by atoms with Gasteiger partial charge in [-0.25, -0.2) is 14.5 Å². The van der Waals surface area contributed by atoms with Crippen LogP contribution in [0.15, 0.2) is 147 Å². The van der Waals surface area contributed by atoms with Gasteiger partial charge in [-0.1, -0.05) is 135 Å². The van der Waals surface area contributed by atoms with E-state index in [-0.39, 0.29) is 134 Å². The zero-order valence-corrected chi connectivity index (χ0v) is 78.9. The molecule has 34 heteroatoms. The molecular formula is C97H128N10O22S2. The van der Waals surface area contributed by atoms with Crippen LogP contribution in [0.4, 0.5) is 21.0 Å². The molecule has 1 unspecified atom stereocenters. The number of anilines is 2. The maximum atomic E-state index is 15.0. The molecule has 0 bridgehead atoms. The van der Waals surface area contributed by atoms with Crippen LogP contribution in [-0.2, 0) is 89.4 Å². The van der Waals surface area contributed by atoms with E-state index >= 15 is 0 Å². The summed E-state index contributed by atoms with van der Waals surface area (Å²) in [7, 11) is 6.10. The summed E-state index contributed by atoms with van der Waals surface area (Å²) in [4.78, 5) is 204. The van der Waals surface area contributed by atoms with Gasteiger partial charge in [0.05, 0.1) is 97.2 Å². The van der Waals surface area contributed by atoms with Crippen LogP contribution in [0.5, 0.6) is 5.75 Å². The predicted octanol–water partition coefficient (Wildman–Crippen LogP) is 11.1. The number of hydrogen-bond acceptors (Lipinski definition) is 23. The lowest BCUT2D eigenvalue weighted by Gasteiger charge is -2.41. The molecule has 6 N–H and O–H groups in total. The highest BCUT2D eigenvalue weighted by molar-refractivity contribution is 8.08. The third-order valence-corrected chi connectivity index (χ3v) is 26.8. The van der Waals surface area contributed by atoms with Crippen LogP contribution in [0.2, 0.25) is 0 Å². The predicted molar refractivity (Wildman–Crippen MR) is 494 cm³/mol. The Morgan fingerprint density at radius 2 is 1.19 bits per heavy atom. The van der Waals surface area contributed by atoms with Gasteiger partial charge in [0.1, 0.15) is 31.4 Å². The number of nitrogens with one attached hydrogen (secondary N) is 3. The van der Waals surface area contributed by atoms with Gasteiger partial charge in [-0.2, -0.15) is 0 Å². The smallest absolute Gasteiger partial charge is 0.410 e. The molecule has 3 saturated heterocycles. The monoisotopic (exact) mass is 1850 g/mol. The first-order chi connectivity index (χ1) is 62.6. The van der Waals surface area contributed by atoms with E-state index in [1.807, 2.05) is 58.0 Å². The molecule has 5 aromatic carbocycles. The highest BCUT2D eigenvalue weighted by atomic mass is 32.2. The number of likely N-dealkylation sites (tertiary alicyclic amines) is 1. The fourth-order valence-corrected chi connectivity index (χ4v) is 19.0. The number of thioether (sulfide) groups is 2. The van der Waals surface area contributed by atoms with Gasteiger partial charge in [-0.05, 0) is 152 Å². The molecule has 0 saturated carbocycles. The first kappa shape index (κ1) is 104. The molecule has 131 heavy (non-hydrogen) atoms. The normalized spacial score (nSPS) is 17.1. The topological polar surface area (TPSA) is 405 Å². The van der Waals surface area contributed by atoms with Gasteiger partial charge in [0.2, 0.25) is 23.6 Å². The van der Waals surface area contributed by atoms with E-state index in [1.54, 1.807) is 158 Å². The van der Waals surface area contributed by atoms with Gasteiger partial charge < -0.3 is 84.4 Å². The number of Topliss-reactive ketones (excluding diaryl/α,β-unsaturated/α-hetero) is 3. The Bertz CT molecular complexity index is 4680. The van der Waals surface area contributed by atoms with Crippen LogP contribution in [0.1, 0.15) is 152 Å². The lowest BCUT2D eigenvalue weighted by Crippen LogP contribution is -2.54. The van der Waals surface area contributed by atoms with Crippen LogP contribution in [0.3, 0.4) is 0 Å². The molecule has 3 fully saturated rings. The van der Waals surface area contributed by atoms with Crippen molar-refractivity contribution in [2.45, 2.75) is 179 Å². The van der Waals surface area contributed by atoms with Crippen molar-refractivity contribution in [1.29, 1.82) is 0 Å². The average Bonchev–Trinajstić information content (AvgIpc) is 1.63. The number of carbonyl (C=O) groups excluding carboxylic acids is 13. The summed E-state index contributed by atoms with van der Waals surface area (Å²) in [6.07, 6.45) is -0.789. The van der Waals surface area contributed by atoms with E-state index in [1.165, 1.54) is 26.2 Å². The number of nitrogens with two attached hydrogens (primary N) is 1. The van der Waals surface area contributed by atoms with E-state index in [2.05, 4.69) is 16.0 Å². The average molecular weight is 1850 g/mol. The second-order valence-electron chi connectivity index (χ2n) is 34.7. The van der Waals surface area contributed by atoms with E-state index in [0.717, 1.165) is 34.0 Å². The van der Waals surface area contributed by atoms with Crippen LogP contribution in [0, 0.1) is 47.3 Å². The number of carbonyl (C=O) groups is 14. The number of methoxy groups -OCH3 is 2. The van der Waals surface area contributed by atoms with Gasteiger partial charge in [0.25, 0.3) is 23.6 Å². The maximum Gasteiger partial charge on any atom is 0.410 e. The highest BCUT2D eigenvalue weighted by Gasteiger charge is 2.46. The Labute approximate surface area is 775 Å². The standard InChI is InChI=1S/C97H128N10O22S2/c1-14-62(8)85(80(123-12)56-82(112)106-41-19-23-76(106)86(124-13)63(9)77(108)54-69(95(119)120)52-64-20-16-15-17-21-64)102(10)92(116)75(59(2)3)55-79(110)84(61(6)7)103(11)97(122)129-57-65-24-30-70(31-25-65)100-89(113)68(22-18-40-99-96(98)121)53-78(109)83(60(4)5)101-81(111)58-127-50-51-128-72-34-32-71(33-35-72)107-93(117)87(130-73-36-26-66(27-37-73)90(114)104-42-46-125-47-43-104)88(94(107)118)131-74-38-28-67(29-39-74)91(115)105-44-48-126-49-45-105/h15-17,20-21,24-39,59-63,68-69,75-76,80,83-86H,14,18-19,22-23,40-58H2,1-13H3,(H,100,113)(H,101,111)(H,119,120)(H3,98,99,121)/t62?,63-,68+,69+,75-,76-,80+,83-,84-,85-,86+/m0/s1. The minimum atomic E-state index is -1.08. The van der Waals surface area contributed by atoms with E-state index in [9.17, 15) is 72.2 Å². The molecule has 4 aliphatic heterocycles. The Morgan fingerprint density at radius 1 is 0.618 bits per heavy atom. The number of ether oxygens (including phenoxy) is 7. The third kappa shape index (κ3) is 29.1. The van der Waals surface area contributed by atoms with Gasteiger partial charge in [-0.15, -0.1) is 0 Å². The van der Waals surface area contributed by atoms with Gasteiger partial charge in [-0.3, -0.25) is 57.5 Å². The Morgan fingerprint density at radius 3 is 1.71 bits per heavy atom. The number of nitrogens with zero attached hydrogens (tertiary/aromatic N) is 6. The second-order valence-corrected chi connectivity index (χ2v) is 36.9. The molecule has 11 amide bonds. The number of urea groups is 1. The second kappa shape index (κ2) is 50.7. The molecule has 32 nitrogen and oxygen atoms in total. The highest BCUT2D eigenvalue weighted by Crippen LogP contribution is 2.45. The Balaban J connectivity index is 0.745.